The van der Waals surface area contributed by atoms with Gasteiger partial charge in [0, 0.05) is 45.2 Å². The van der Waals surface area contributed by atoms with Crippen molar-refractivity contribution in [2.24, 2.45) is 16.3 Å². The van der Waals surface area contributed by atoms with E-state index in [-0.39, 0.29) is 24.0 Å². The molecule has 5 nitrogen and oxygen atoms in total. The highest BCUT2D eigenvalue weighted by Gasteiger charge is 2.34. The van der Waals surface area contributed by atoms with Crippen LogP contribution in [0.3, 0.4) is 0 Å². The Kier molecular flexibility index (Phi) is 9.27. The third-order valence-electron chi connectivity index (χ3n) is 5.97. The predicted octanol–water partition coefficient (Wildman–Crippen LogP) is 2.85. The topological polar surface area (TPSA) is 48.9 Å². The van der Waals surface area contributed by atoms with Crippen molar-refractivity contribution in [3.8, 4) is 0 Å². The Hall–Kier alpha value is -0.0800. The Morgan fingerprint density at radius 2 is 1.84 bits per heavy atom. The number of hydrogen-bond donors (Lipinski definition) is 2. The fraction of sp³-hybridized carbons (Fsp3) is 0.947. The maximum Gasteiger partial charge on any atom is 0.190 e. The van der Waals surface area contributed by atoms with Crippen LogP contribution in [-0.2, 0) is 4.74 Å². The molecule has 2 aliphatic carbocycles. The summed E-state index contributed by atoms with van der Waals surface area (Å²) in [6.07, 6.45) is 11.0. The average molecular weight is 464 g/mol. The average Bonchev–Trinajstić information content (AvgIpc) is 3.44. The Morgan fingerprint density at radius 3 is 2.48 bits per heavy atom. The number of halogens is 1. The SMILES string of the molecule is CN=C(NCCC1CC1)NCC1(CN2CCOCC2)CCCCC1.I. The zero-order chi connectivity index (χ0) is 16.7. The molecule has 0 spiro atoms. The standard InChI is InChI=1S/C19H36N4O.HI/c1-20-18(21-10-7-17-5-6-17)22-15-19(8-3-2-4-9-19)16-23-11-13-24-14-12-23;/h17H,2-16H2,1H3,(H2,20,21,22);1H. The van der Waals surface area contributed by atoms with Crippen molar-refractivity contribution in [2.75, 3.05) is 53.0 Å². The second kappa shape index (κ2) is 10.9. The number of nitrogens with one attached hydrogen (secondary N) is 2. The van der Waals surface area contributed by atoms with Gasteiger partial charge in [-0.25, -0.2) is 0 Å². The summed E-state index contributed by atoms with van der Waals surface area (Å²) in [6, 6.07) is 0. The molecule has 0 bridgehead atoms. The molecule has 0 aromatic carbocycles. The summed E-state index contributed by atoms with van der Waals surface area (Å²) in [5, 5.41) is 7.15. The lowest BCUT2D eigenvalue weighted by Gasteiger charge is -2.42. The number of ether oxygens (including phenoxy) is 1. The molecule has 6 heteroatoms. The second-order valence-corrected chi connectivity index (χ2v) is 8.03. The van der Waals surface area contributed by atoms with Gasteiger partial charge in [-0.2, -0.15) is 0 Å². The van der Waals surface area contributed by atoms with Gasteiger partial charge in [-0.1, -0.05) is 32.1 Å². The molecule has 2 saturated carbocycles. The molecule has 2 N–H and O–H groups in total. The van der Waals surface area contributed by atoms with Crippen molar-refractivity contribution in [1.82, 2.24) is 15.5 Å². The normalized spacial score (nSPS) is 24.4. The number of rotatable bonds is 7. The van der Waals surface area contributed by atoms with Crippen LogP contribution in [-0.4, -0.2) is 63.8 Å². The van der Waals surface area contributed by atoms with Gasteiger partial charge in [0.15, 0.2) is 5.96 Å². The molecule has 3 aliphatic rings. The van der Waals surface area contributed by atoms with Crippen LogP contribution >= 0.6 is 24.0 Å². The first kappa shape index (κ1) is 21.2. The molecule has 25 heavy (non-hydrogen) atoms. The van der Waals surface area contributed by atoms with Crippen LogP contribution in [0.2, 0.25) is 0 Å². The van der Waals surface area contributed by atoms with Crippen molar-refractivity contribution in [1.29, 1.82) is 0 Å². The highest BCUT2D eigenvalue weighted by atomic mass is 127. The first-order valence-electron chi connectivity index (χ1n) is 10.0. The van der Waals surface area contributed by atoms with Gasteiger partial charge in [0.2, 0.25) is 0 Å². The van der Waals surface area contributed by atoms with Gasteiger partial charge in [0.05, 0.1) is 13.2 Å². The van der Waals surface area contributed by atoms with Crippen LogP contribution in [0.5, 0.6) is 0 Å². The minimum absolute atomic E-state index is 0. The van der Waals surface area contributed by atoms with E-state index in [0.29, 0.717) is 5.41 Å². The van der Waals surface area contributed by atoms with E-state index in [1.54, 1.807) is 0 Å². The van der Waals surface area contributed by atoms with Crippen LogP contribution in [0.1, 0.15) is 51.4 Å². The summed E-state index contributed by atoms with van der Waals surface area (Å²) < 4.78 is 5.52. The minimum Gasteiger partial charge on any atom is -0.379 e. The third kappa shape index (κ3) is 7.21. The van der Waals surface area contributed by atoms with E-state index in [9.17, 15) is 0 Å². The zero-order valence-electron chi connectivity index (χ0n) is 15.9. The summed E-state index contributed by atoms with van der Waals surface area (Å²) in [5.41, 5.74) is 0.406. The van der Waals surface area contributed by atoms with E-state index in [1.165, 1.54) is 57.9 Å². The second-order valence-electron chi connectivity index (χ2n) is 8.03. The van der Waals surface area contributed by atoms with E-state index < -0.39 is 0 Å². The monoisotopic (exact) mass is 464 g/mol. The van der Waals surface area contributed by atoms with Gasteiger partial charge >= 0.3 is 0 Å². The predicted molar refractivity (Wildman–Crippen MR) is 115 cm³/mol. The summed E-state index contributed by atoms with van der Waals surface area (Å²) in [5.74, 6) is 1.96. The maximum absolute atomic E-state index is 5.52. The Balaban J connectivity index is 0.00000225. The van der Waals surface area contributed by atoms with Crippen molar-refractivity contribution >= 4 is 29.9 Å². The lowest BCUT2D eigenvalue weighted by molar-refractivity contribution is 0.00820. The number of guanidine groups is 1. The molecule has 3 fully saturated rings. The zero-order valence-corrected chi connectivity index (χ0v) is 18.2. The quantitative estimate of drug-likeness (QED) is 0.346. The van der Waals surface area contributed by atoms with Crippen molar-refractivity contribution in [2.45, 2.75) is 51.4 Å². The fourth-order valence-electron chi connectivity index (χ4n) is 4.22. The summed E-state index contributed by atoms with van der Waals surface area (Å²) >= 11 is 0. The Bertz CT molecular complexity index is 402. The van der Waals surface area contributed by atoms with Gasteiger partial charge < -0.3 is 15.4 Å². The van der Waals surface area contributed by atoms with Crippen molar-refractivity contribution in [3.63, 3.8) is 0 Å². The van der Waals surface area contributed by atoms with Crippen LogP contribution < -0.4 is 10.6 Å². The van der Waals surface area contributed by atoms with Crippen LogP contribution in [0.15, 0.2) is 4.99 Å². The van der Waals surface area contributed by atoms with E-state index >= 15 is 0 Å². The largest absolute Gasteiger partial charge is 0.379 e. The lowest BCUT2D eigenvalue weighted by Crippen LogP contribution is -2.51. The molecule has 0 aromatic rings. The lowest BCUT2D eigenvalue weighted by atomic mass is 9.73. The molecular weight excluding hydrogens is 427 g/mol. The molecule has 0 amide bonds. The molecule has 1 saturated heterocycles. The smallest absolute Gasteiger partial charge is 0.190 e. The third-order valence-corrected chi connectivity index (χ3v) is 5.97. The van der Waals surface area contributed by atoms with Crippen molar-refractivity contribution < 1.29 is 4.74 Å². The van der Waals surface area contributed by atoms with Crippen LogP contribution in [0.25, 0.3) is 0 Å². The van der Waals surface area contributed by atoms with Gasteiger partial charge in [-0.15, -0.1) is 24.0 Å². The summed E-state index contributed by atoms with van der Waals surface area (Å²) in [7, 11) is 1.89. The molecule has 0 unspecified atom stereocenters. The highest BCUT2D eigenvalue weighted by Crippen LogP contribution is 2.36. The molecule has 0 aromatic heterocycles. The Labute approximate surface area is 170 Å². The maximum atomic E-state index is 5.52. The van der Waals surface area contributed by atoms with Crippen LogP contribution in [0, 0.1) is 11.3 Å². The Morgan fingerprint density at radius 1 is 1.12 bits per heavy atom. The molecule has 1 heterocycles. The number of morpholine rings is 1. The van der Waals surface area contributed by atoms with E-state index in [1.807, 2.05) is 7.05 Å². The molecule has 3 rings (SSSR count). The van der Waals surface area contributed by atoms with Gasteiger partial charge in [0.25, 0.3) is 0 Å². The number of nitrogens with zero attached hydrogens (tertiary/aromatic N) is 2. The molecule has 146 valence electrons. The number of hydrogen-bond acceptors (Lipinski definition) is 3. The van der Waals surface area contributed by atoms with E-state index in [0.717, 1.165) is 51.3 Å². The molecule has 1 aliphatic heterocycles. The first-order valence-corrected chi connectivity index (χ1v) is 10.0. The minimum atomic E-state index is 0. The number of aliphatic imine (C=N–C) groups is 1. The fourth-order valence-corrected chi connectivity index (χ4v) is 4.22. The molecule has 0 radical (unpaired) electrons. The van der Waals surface area contributed by atoms with E-state index in [2.05, 4.69) is 20.5 Å². The summed E-state index contributed by atoms with van der Waals surface area (Å²) in [4.78, 5) is 7.04. The van der Waals surface area contributed by atoms with Gasteiger partial charge in [0.1, 0.15) is 0 Å². The van der Waals surface area contributed by atoms with Crippen LogP contribution in [0.4, 0.5) is 0 Å². The molecule has 0 atom stereocenters. The summed E-state index contributed by atoms with van der Waals surface area (Å²) in [6.45, 7) is 7.30. The van der Waals surface area contributed by atoms with E-state index in [4.69, 9.17) is 4.74 Å². The first-order chi connectivity index (χ1) is 11.8. The van der Waals surface area contributed by atoms with Crippen molar-refractivity contribution in [3.05, 3.63) is 0 Å². The van der Waals surface area contributed by atoms with Gasteiger partial charge in [-0.05, 0) is 25.2 Å². The highest BCUT2D eigenvalue weighted by molar-refractivity contribution is 14.0. The molecular formula is C19H37IN4O. The van der Waals surface area contributed by atoms with Gasteiger partial charge in [-0.3, -0.25) is 9.89 Å².